The molecule has 6 nitrogen and oxygen atoms in total. The summed E-state index contributed by atoms with van der Waals surface area (Å²) >= 11 is 6.28. The van der Waals surface area contributed by atoms with Crippen LogP contribution in [-0.2, 0) is 21.2 Å². The first kappa shape index (κ1) is 19.8. The lowest BCUT2D eigenvalue weighted by Crippen LogP contribution is -2.34. The molecule has 0 bridgehead atoms. The van der Waals surface area contributed by atoms with E-state index < -0.39 is 10.0 Å². The Balaban J connectivity index is 1.80. The first-order valence-electron chi connectivity index (χ1n) is 8.61. The SMILES string of the molecule is CN(C)C(CNS(=O)(=O)c1ccc2c(c1)CCC(=O)N2)c1ccccc1Cl. The highest BCUT2D eigenvalue weighted by Gasteiger charge is 2.23. The molecule has 0 saturated carbocycles. The molecular weight excluding hydrogens is 386 g/mol. The Morgan fingerprint density at radius 3 is 2.63 bits per heavy atom. The molecule has 2 aromatic rings. The monoisotopic (exact) mass is 407 g/mol. The summed E-state index contributed by atoms with van der Waals surface area (Å²) in [6.45, 7) is 0.187. The maximum atomic E-state index is 12.8. The molecule has 144 valence electrons. The Labute approximate surface area is 164 Å². The second kappa shape index (κ2) is 7.98. The molecule has 1 heterocycles. The summed E-state index contributed by atoms with van der Waals surface area (Å²) in [5.74, 6) is -0.0511. The summed E-state index contributed by atoms with van der Waals surface area (Å²) in [5, 5.41) is 3.35. The zero-order valence-corrected chi connectivity index (χ0v) is 16.8. The summed E-state index contributed by atoms with van der Waals surface area (Å²) in [6.07, 6.45) is 0.892. The maximum Gasteiger partial charge on any atom is 0.240 e. The number of anilines is 1. The van der Waals surface area contributed by atoms with Crippen LogP contribution in [-0.4, -0.2) is 39.9 Å². The van der Waals surface area contributed by atoms with E-state index in [4.69, 9.17) is 11.6 Å². The quantitative estimate of drug-likeness (QED) is 0.771. The van der Waals surface area contributed by atoms with Crippen molar-refractivity contribution in [2.75, 3.05) is 26.0 Å². The van der Waals surface area contributed by atoms with Gasteiger partial charge in [0.1, 0.15) is 0 Å². The van der Waals surface area contributed by atoms with Gasteiger partial charge in [0.2, 0.25) is 15.9 Å². The lowest BCUT2D eigenvalue weighted by atomic mass is 10.0. The van der Waals surface area contributed by atoms with Crippen LogP contribution in [0.2, 0.25) is 5.02 Å². The van der Waals surface area contributed by atoms with Gasteiger partial charge >= 0.3 is 0 Å². The lowest BCUT2D eigenvalue weighted by Gasteiger charge is -2.26. The molecule has 2 aromatic carbocycles. The van der Waals surface area contributed by atoms with Crippen molar-refractivity contribution in [1.82, 2.24) is 9.62 Å². The number of likely N-dealkylation sites (N-methyl/N-ethyl adjacent to an activating group) is 1. The molecule has 1 aliphatic heterocycles. The number of halogens is 1. The van der Waals surface area contributed by atoms with E-state index in [0.29, 0.717) is 23.6 Å². The summed E-state index contributed by atoms with van der Waals surface area (Å²) in [6, 6.07) is 12.0. The van der Waals surface area contributed by atoms with Crippen LogP contribution in [0.5, 0.6) is 0 Å². The summed E-state index contributed by atoms with van der Waals surface area (Å²) in [7, 11) is 0.0685. The molecule has 0 spiro atoms. The van der Waals surface area contributed by atoms with E-state index in [1.165, 1.54) is 6.07 Å². The third kappa shape index (κ3) is 4.50. The number of hydrogen-bond acceptors (Lipinski definition) is 4. The molecule has 1 atom stereocenters. The number of carbonyl (C=O) groups is 1. The molecule has 0 aliphatic carbocycles. The molecule has 1 aliphatic rings. The van der Waals surface area contributed by atoms with Gasteiger partial charge in [0.05, 0.1) is 4.90 Å². The third-order valence-electron chi connectivity index (χ3n) is 4.64. The van der Waals surface area contributed by atoms with Gasteiger partial charge in [-0.15, -0.1) is 0 Å². The summed E-state index contributed by atoms with van der Waals surface area (Å²) in [5.41, 5.74) is 2.36. The average Bonchev–Trinajstić information content (AvgIpc) is 2.62. The molecule has 0 radical (unpaired) electrons. The van der Waals surface area contributed by atoms with Crippen LogP contribution >= 0.6 is 11.6 Å². The highest BCUT2D eigenvalue weighted by molar-refractivity contribution is 7.89. The number of aryl methyl sites for hydroxylation is 1. The Morgan fingerprint density at radius 1 is 1.19 bits per heavy atom. The Kier molecular flexibility index (Phi) is 5.86. The van der Waals surface area contributed by atoms with Gasteiger partial charge in [0.15, 0.2) is 0 Å². The van der Waals surface area contributed by atoms with Gasteiger partial charge < -0.3 is 10.2 Å². The number of amides is 1. The van der Waals surface area contributed by atoms with Crippen molar-refractivity contribution in [3.8, 4) is 0 Å². The van der Waals surface area contributed by atoms with Crippen LogP contribution in [0.25, 0.3) is 0 Å². The minimum absolute atomic E-state index is 0.0511. The zero-order valence-electron chi connectivity index (χ0n) is 15.2. The van der Waals surface area contributed by atoms with E-state index in [2.05, 4.69) is 10.0 Å². The minimum Gasteiger partial charge on any atom is -0.326 e. The number of sulfonamides is 1. The van der Waals surface area contributed by atoms with Gasteiger partial charge in [-0.25, -0.2) is 13.1 Å². The van der Waals surface area contributed by atoms with Gasteiger partial charge in [-0.05, 0) is 55.9 Å². The van der Waals surface area contributed by atoms with Gasteiger partial charge in [0, 0.05) is 29.7 Å². The standard InChI is InChI=1S/C19H22ClN3O3S/c1-23(2)18(15-5-3-4-6-16(15)20)12-21-27(25,26)14-8-9-17-13(11-14)7-10-19(24)22-17/h3-6,8-9,11,18,21H,7,10,12H2,1-2H3,(H,22,24). The van der Waals surface area contributed by atoms with Gasteiger partial charge in [-0.2, -0.15) is 0 Å². The van der Waals surface area contributed by atoms with E-state index >= 15 is 0 Å². The fourth-order valence-corrected chi connectivity index (χ4v) is 4.47. The van der Waals surface area contributed by atoms with E-state index in [9.17, 15) is 13.2 Å². The van der Waals surface area contributed by atoms with Gasteiger partial charge in [0.25, 0.3) is 0 Å². The fraction of sp³-hybridized carbons (Fsp3) is 0.316. The van der Waals surface area contributed by atoms with Gasteiger partial charge in [-0.1, -0.05) is 29.8 Å². The van der Waals surface area contributed by atoms with Crippen molar-refractivity contribution in [1.29, 1.82) is 0 Å². The fourth-order valence-electron chi connectivity index (χ4n) is 3.11. The topological polar surface area (TPSA) is 78.5 Å². The number of nitrogens with one attached hydrogen (secondary N) is 2. The Morgan fingerprint density at radius 2 is 1.93 bits per heavy atom. The molecule has 8 heteroatoms. The summed E-state index contributed by atoms with van der Waals surface area (Å²) < 4.78 is 28.2. The molecule has 27 heavy (non-hydrogen) atoms. The highest BCUT2D eigenvalue weighted by atomic mass is 35.5. The number of benzene rings is 2. The van der Waals surface area contributed by atoms with E-state index in [1.54, 1.807) is 18.2 Å². The molecule has 1 unspecified atom stereocenters. The third-order valence-corrected chi connectivity index (χ3v) is 6.40. The first-order chi connectivity index (χ1) is 12.8. The number of carbonyl (C=O) groups excluding carboxylic acids is 1. The molecule has 0 fully saturated rings. The minimum atomic E-state index is -3.69. The van der Waals surface area contributed by atoms with E-state index in [-0.39, 0.29) is 23.4 Å². The number of rotatable bonds is 6. The predicted molar refractivity (Wildman–Crippen MR) is 106 cm³/mol. The van der Waals surface area contributed by atoms with E-state index in [1.807, 2.05) is 37.2 Å². The van der Waals surface area contributed by atoms with Crippen molar-refractivity contribution in [3.63, 3.8) is 0 Å². The average molecular weight is 408 g/mol. The van der Waals surface area contributed by atoms with Crippen molar-refractivity contribution in [2.24, 2.45) is 0 Å². The largest absolute Gasteiger partial charge is 0.326 e. The van der Waals surface area contributed by atoms with Crippen LogP contribution in [0, 0.1) is 0 Å². The highest BCUT2D eigenvalue weighted by Crippen LogP contribution is 2.27. The summed E-state index contributed by atoms with van der Waals surface area (Å²) in [4.78, 5) is 13.6. The van der Waals surface area contributed by atoms with Crippen molar-refractivity contribution < 1.29 is 13.2 Å². The zero-order chi connectivity index (χ0) is 19.6. The number of fused-ring (bicyclic) bond motifs is 1. The van der Waals surface area contributed by atoms with Gasteiger partial charge in [-0.3, -0.25) is 4.79 Å². The van der Waals surface area contributed by atoms with Crippen molar-refractivity contribution in [3.05, 3.63) is 58.6 Å². The predicted octanol–water partition coefficient (Wildman–Crippen LogP) is 2.81. The molecule has 2 N–H and O–H groups in total. The molecular formula is C19H22ClN3O3S. The smallest absolute Gasteiger partial charge is 0.240 e. The van der Waals surface area contributed by atoms with Crippen LogP contribution in [0.4, 0.5) is 5.69 Å². The van der Waals surface area contributed by atoms with Crippen molar-refractivity contribution in [2.45, 2.75) is 23.8 Å². The Hall–Kier alpha value is -1.93. The maximum absolute atomic E-state index is 12.8. The molecule has 0 saturated heterocycles. The molecule has 1 amide bonds. The molecule has 0 aromatic heterocycles. The molecule has 3 rings (SSSR count). The Bertz CT molecular complexity index is 960. The number of hydrogen-bond donors (Lipinski definition) is 2. The first-order valence-corrected chi connectivity index (χ1v) is 10.5. The van der Waals surface area contributed by atoms with E-state index in [0.717, 1.165) is 11.1 Å². The van der Waals surface area contributed by atoms with Crippen LogP contribution < -0.4 is 10.0 Å². The normalized spacial score (nSPS) is 15.3. The second-order valence-corrected chi connectivity index (χ2v) is 8.89. The van der Waals surface area contributed by atoms with Crippen molar-refractivity contribution >= 4 is 33.2 Å². The lowest BCUT2D eigenvalue weighted by molar-refractivity contribution is -0.116. The van der Waals surface area contributed by atoms with Crippen LogP contribution in [0.1, 0.15) is 23.6 Å². The second-order valence-electron chi connectivity index (χ2n) is 6.72. The van der Waals surface area contributed by atoms with Crippen LogP contribution in [0.3, 0.4) is 0 Å². The number of nitrogens with zero attached hydrogens (tertiary/aromatic N) is 1. The van der Waals surface area contributed by atoms with Crippen LogP contribution in [0.15, 0.2) is 47.4 Å².